The standard InChI is InChI=1S/C13H20N6O/c1-10(2)5-14-6-11-8-20-13(16-11)18-3-4-19-9-15-17-12(19)7-18/h8-10,14H,3-7H2,1-2H3. The van der Waals surface area contributed by atoms with Crippen molar-refractivity contribution in [1.82, 2.24) is 25.1 Å². The number of fused-ring (bicyclic) bond motifs is 1. The minimum atomic E-state index is 0.634. The molecule has 0 atom stereocenters. The topological polar surface area (TPSA) is 72.0 Å². The van der Waals surface area contributed by atoms with Crippen molar-refractivity contribution in [3.8, 4) is 0 Å². The van der Waals surface area contributed by atoms with Gasteiger partial charge in [0.05, 0.1) is 12.2 Å². The van der Waals surface area contributed by atoms with Gasteiger partial charge in [0.2, 0.25) is 0 Å². The van der Waals surface area contributed by atoms with Crippen LogP contribution in [-0.2, 0) is 19.6 Å². The van der Waals surface area contributed by atoms with Gasteiger partial charge in [-0.25, -0.2) is 0 Å². The quantitative estimate of drug-likeness (QED) is 0.879. The summed E-state index contributed by atoms with van der Waals surface area (Å²) in [5.74, 6) is 1.59. The van der Waals surface area contributed by atoms with Crippen LogP contribution in [0.15, 0.2) is 17.0 Å². The van der Waals surface area contributed by atoms with E-state index in [9.17, 15) is 0 Å². The van der Waals surface area contributed by atoms with E-state index in [-0.39, 0.29) is 0 Å². The Labute approximate surface area is 118 Å². The van der Waals surface area contributed by atoms with Gasteiger partial charge in [-0.2, -0.15) is 4.98 Å². The molecule has 20 heavy (non-hydrogen) atoms. The highest BCUT2D eigenvalue weighted by Crippen LogP contribution is 2.19. The fraction of sp³-hybridized carbons (Fsp3) is 0.615. The third-order valence-electron chi connectivity index (χ3n) is 3.31. The molecule has 0 radical (unpaired) electrons. The minimum Gasteiger partial charge on any atom is -0.432 e. The first-order chi connectivity index (χ1) is 9.72. The maximum atomic E-state index is 5.57. The predicted octanol–water partition coefficient (Wildman–Crippen LogP) is 1.03. The number of hydrogen-bond donors (Lipinski definition) is 1. The van der Waals surface area contributed by atoms with Crippen LogP contribution in [0.5, 0.6) is 0 Å². The number of aromatic nitrogens is 4. The minimum absolute atomic E-state index is 0.634. The zero-order valence-electron chi connectivity index (χ0n) is 11.9. The molecule has 0 bridgehead atoms. The maximum absolute atomic E-state index is 5.57. The maximum Gasteiger partial charge on any atom is 0.297 e. The van der Waals surface area contributed by atoms with E-state index in [2.05, 4.69) is 43.8 Å². The van der Waals surface area contributed by atoms with E-state index in [1.807, 2.05) is 0 Å². The molecule has 0 aliphatic carbocycles. The molecule has 1 N–H and O–H groups in total. The normalized spacial score (nSPS) is 14.8. The predicted molar refractivity (Wildman–Crippen MR) is 74.1 cm³/mol. The number of oxazole rings is 1. The van der Waals surface area contributed by atoms with Crippen molar-refractivity contribution in [3.05, 3.63) is 24.1 Å². The number of anilines is 1. The van der Waals surface area contributed by atoms with Gasteiger partial charge in [-0.15, -0.1) is 10.2 Å². The van der Waals surface area contributed by atoms with E-state index < -0.39 is 0 Å². The van der Waals surface area contributed by atoms with Gasteiger partial charge in [-0.1, -0.05) is 13.8 Å². The second-order valence-electron chi connectivity index (χ2n) is 5.51. The van der Waals surface area contributed by atoms with Crippen molar-refractivity contribution >= 4 is 6.01 Å². The summed E-state index contributed by atoms with van der Waals surface area (Å²) in [5, 5.41) is 11.4. The molecule has 108 valence electrons. The molecule has 0 unspecified atom stereocenters. The summed E-state index contributed by atoms with van der Waals surface area (Å²) in [5.41, 5.74) is 0.938. The summed E-state index contributed by atoms with van der Waals surface area (Å²) in [6, 6.07) is 0.667. The van der Waals surface area contributed by atoms with Crippen molar-refractivity contribution in [2.75, 3.05) is 18.0 Å². The molecule has 0 saturated heterocycles. The lowest BCUT2D eigenvalue weighted by Gasteiger charge is -2.25. The lowest BCUT2D eigenvalue weighted by Crippen LogP contribution is -2.33. The molecule has 1 aliphatic heterocycles. The van der Waals surface area contributed by atoms with Gasteiger partial charge < -0.3 is 19.2 Å². The van der Waals surface area contributed by atoms with Crippen LogP contribution >= 0.6 is 0 Å². The molecule has 2 aromatic heterocycles. The zero-order chi connectivity index (χ0) is 13.9. The van der Waals surface area contributed by atoms with Crippen LogP contribution in [-0.4, -0.2) is 32.8 Å². The average Bonchev–Trinajstić information content (AvgIpc) is 3.05. The Morgan fingerprint density at radius 1 is 1.40 bits per heavy atom. The third kappa shape index (κ3) is 2.82. The highest BCUT2D eigenvalue weighted by Gasteiger charge is 2.21. The number of rotatable bonds is 5. The highest BCUT2D eigenvalue weighted by molar-refractivity contribution is 5.28. The molecule has 0 fully saturated rings. The van der Waals surface area contributed by atoms with Gasteiger partial charge in [0.1, 0.15) is 12.6 Å². The van der Waals surface area contributed by atoms with Gasteiger partial charge in [-0.05, 0) is 12.5 Å². The Hall–Kier alpha value is -1.89. The third-order valence-corrected chi connectivity index (χ3v) is 3.31. The van der Waals surface area contributed by atoms with Gasteiger partial charge in [0.15, 0.2) is 5.82 Å². The summed E-state index contributed by atoms with van der Waals surface area (Å²) in [7, 11) is 0. The monoisotopic (exact) mass is 276 g/mol. The van der Waals surface area contributed by atoms with E-state index in [0.717, 1.165) is 37.7 Å². The van der Waals surface area contributed by atoms with E-state index in [4.69, 9.17) is 4.42 Å². The van der Waals surface area contributed by atoms with Crippen molar-refractivity contribution in [2.45, 2.75) is 33.5 Å². The molecule has 0 aromatic carbocycles. The Balaban J connectivity index is 1.60. The molecule has 0 amide bonds. The molecular formula is C13H20N6O. The Morgan fingerprint density at radius 2 is 2.30 bits per heavy atom. The highest BCUT2D eigenvalue weighted by atomic mass is 16.4. The molecular weight excluding hydrogens is 256 g/mol. The van der Waals surface area contributed by atoms with Gasteiger partial charge in [0.25, 0.3) is 6.01 Å². The van der Waals surface area contributed by atoms with Crippen molar-refractivity contribution in [3.63, 3.8) is 0 Å². The van der Waals surface area contributed by atoms with Crippen molar-refractivity contribution < 1.29 is 4.42 Å². The van der Waals surface area contributed by atoms with Crippen LogP contribution < -0.4 is 10.2 Å². The van der Waals surface area contributed by atoms with Crippen LogP contribution in [0.2, 0.25) is 0 Å². The number of hydrogen-bond acceptors (Lipinski definition) is 6. The summed E-state index contributed by atoms with van der Waals surface area (Å²) in [6.45, 7) is 8.52. The lowest BCUT2D eigenvalue weighted by atomic mass is 10.2. The first-order valence-corrected chi connectivity index (χ1v) is 6.99. The number of nitrogens with zero attached hydrogens (tertiary/aromatic N) is 5. The van der Waals surface area contributed by atoms with E-state index in [0.29, 0.717) is 18.5 Å². The van der Waals surface area contributed by atoms with Crippen LogP contribution in [0.3, 0.4) is 0 Å². The van der Waals surface area contributed by atoms with Crippen molar-refractivity contribution in [1.29, 1.82) is 0 Å². The summed E-state index contributed by atoms with van der Waals surface area (Å²) in [4.78, 5) is 6.62. The Kier molecular flexibility index (Phi) is 3.68. The molecule has 3 rings (SSSR count). The summed E-state index contributed by atoms with van der Waals surface area (Å²) < 4.78 is 7.63. The fourth-order valence-electron chi connectivity index (χ4n) is 2.24. The van der Waals surface area contributed by atoms with Crippen LogP contribution in [0.25, 0.3) is 0 Å². The molecule has 0 saturated carbocycles. The molecule has 0 spiro atoms. The SMILES string of the molecule is CC(C)CNCc1coc(N2CCn3cnnc3C2)n1. The molecule has 2 aromatic rings. The smallest absolute Gasteiger partial charge is 0.297 e. The second kappa shape index (κ2) is 5.62. The zero-order valence-corrected chi connectivity index (χ0v) is 11.9. The second-order valence-corrected chi connectivity index (χ2v) is 5.51. The molecule has 7 heteroatoms. The average molecular weight is 276 g/mol. The van der Waals surface area contributed by atoms with Gasteiger partial charge >= 0.3 is 0 Å². The van der Waals surface area contributed by atoms with E-state index in [1.54, 1.807) is 12.6 Å². The molecule has 3 heterocycles. The fourth-order valence-corrected chi connectivity index (χ4v) is 2.24. The van der Waals surface area contributed by atoms with Gasteiger partial charge in [-0.3, -0.25) is 0 Å². The van der Waals surface area contributed by atoms with E-state index >= 15 is 0 Å². The van der Waals surface area contributed by atoms with Crippen LogP contribution in [0.4, 0.5) is 6.01 Å². The Bertz CT molecular complexity index is 561. The lowest BCUT2D eigenvalue weighted by molar-refractivity contribution is 0.484. The molecule has 1 aliphatic rings. The van der Waals surface area contributed by atoms with Crippen LogP contribution in [0, 0.1) is 5.92 Å². The Morgan fingerprint density at radius 3 is 3.15 bits per heavy atom. The van der Waals surface area contributed by atoms with Crippen molar-refractivity contribution in [2.24, 2.45) is 5.92 Å². The first-order valence-electron chi connectivity index (χ1n) is 6.99. The molecule has 7 nitrogen and oxygen atoms in total. The van der Waals surface area contributed by atoms with Gasteiger partial charge in [0, 0.05) is 19.6 Å². The number of nitrogens with one attached hydrogen (secondary N) is 1. The largest absolute Gasteiger partial charge is 0.432 e. The summed E-state index contributed by atoms with van der Waals surface area (Å²) >= 11 is 0. The van der Waals surface area contributed by atoms with Crippen LogP contribution in [0.1, 0.15) is 25.4 Å². The first kappa shape index (κ1) is 13.1. The summed E-state index contributed by atoms with van der Waals surface area (Å²) in [6.07, 6.45) is 3.49. The van der Waals surface area contributed by atoms with E-state index in [1.165, 1.54) is 0 Å².